The van der Waals surface area contributed by atoms with Crippen molar-refractivity contribution in [3.8, 4) is 5.75 Å². The molecule has 0 aliphatic heterocycles. The maximum absolute atomic E-state index is 11.8. The normalized spacial score (nSPS) is 10.1. The van der Waals surface area contributed by atoms with Crippen LogP contribution >= 0.6 is 11.6 Å². The van der Waals surface area contributed by atoms with Crippen LogP contribution in [0.4, 0.5) is 5.69 Å². The van der Waals surface area contributed by atoms with E-state index in [2.05, 4.69) is 5.32 Å². The monoisotopic (exact) mass is 261 g/mol. The van der Waals surface area contributed by atoms with Crippen LogP contribution in [0.3, 0.4) is 0 Å². The van der Waals surface area contributed by atoms with Gasteiger partial charge < -0.3 is 10.4 Å². The lowest BCUT2D eigenvalue weighted by Gasteiger charge is -2.06. The summed E-state index contributed by atoms with van der Waals surface area (Å²) in [6.45, 7) is 0. The minimum absolute atomic E-state index is 0.00211. The van der Waals surface area contributed by atoms with Gasteiger partial charge in [-0.3, -0.25) is 4.79 Å². The highest BCUT2D eigenvalue weighted by atomic mass is 35.5. The van der Waals surface area contributed by atoms with Crippen LogP contribution < -0.4 is 5.32 Å². The Morgan fingerprint density at radius 2 is 1.89 bits per heavy atom. The van der Waals surface area contributed by atoms with Gasteiger partial charge in [0.05, 0.1) is 11.4 Å². The number of hydrogen-bond acceptors (Lipinski definition) is 2. The highest BCUT2D eigenvalue weighted by Gasteiger charge is 2.05. The molecule has 0 spiro atoms. The molecule has 0 radical (unpaired) electrons. The van der Waals surface area contributed by atoms with Gasteiger partial charge in [-0.25, -0.2) is 0 Å². The molecule has 0 bridgehead atoms. The molecule has 0 saturated carbocycles. The van der Waals surface area contributed by atoms with Gasteiger partial charge in [-0.1, -0.05) is 41.9 Å². The Morgan fingerprint density at radius 1 is 1.17 bits per heavy atom. The number of phenolic OH excluding ortho intramolecular Hbond substituents is 1. The van der Waals surface area contributed by atoms with Gasteiger partial charge in [0.1, 0.15) is 5.75 Å². The third kappa shape index (κ3) is 3.25. The quantitative estimate of drug-likeness (QED) is 0.834. The van der Waals surface area contributed by atoms with Crippen molar-refractivity contribution >= 4 is 23.2 Å². The maximum Gasteiger partial charge on any atom is 0.228 e. The van der Waals surface area contributed by atoms with Crippen molar-refractivity contribution in [3.63, 3.8) is 0 Å². The Balaban J connectivity index is 2.01. The lowest BCUT2D eigenvalue weighted by Crippen LogP contribution is -2.14. The predicted octanol–water partition coefficient (Wildman–Crippen LogP) is 3.23. The number of aromatic hydroxyl groups is 1. The van der Waals surface area contributed by atoms with Gasteiger partial charge in [0.15, 0.2) is 0 Å². The van der Waals surface area contributed by atoms with Crippen LogP contribution in [-0.2, 0) is 11.2 Å². The SMILES string of the molecule is O=C(Cc1ccccc1)Nc1ccc(O)c(Cl)c1. The van der Waals surface area contributed by atoms with Crippen LogP contribution in [0.15, 0.2) is 48.5 Å². The van der Waals surface area contributed by atoms with E-state index in [1.165, 1.54) is 12.1 Å². The van der Waals surface area contributed by atoms with Crippen LogP contribution in [0.5, 0.6) is 5.75 Å². The van der Waals surface area contributed by atoms with Crippen LogP contribution in [-0.4, -0.2) is 11.0 Å². The third-order valence-electron chi connectivity index (χ3n) is 2.44. The van der Waals surface area contributed by atoms with Crippen LogP contribution in [0.1, 0.15) is 5.56 Å². The zero-order chi connectivity index (χ0) is 13.0. The van der Waals surface area contributed by atoms with Crippen molar-refractivity contribution in [2.45, 2.75) is 6.42 Å². The number of amides is 1. The molecule has 0 aromatic heterocycles. The molecule has 2 aromatic rings. The Hall–Kier alpha value is -2.00. The fraction of sp³-hybridized carbons (Fsp3) is 0.0714. The molecule has 0 atom stereocenters. The topological polar surface area (TPSA) is 49.3 Å². The first-order valence-electron chi connectivity index (χ1n) is 5.47. The number of hydrogen-bond donors (Lipinski definition) is 2. The lowest BCUT2D eigenvalue weighted by atomic mass is 10.1. The largest absolute Gasteiger partial charge is 0.506 e. The molecule has 0 unspecified atom stereocenters. The average molecular weight is 262 g/mol. The van der Waals surface area contributed by atoms with Crippen molar-refractivity contribution in [1.82, 2.24) is 0 Å². The summed E-state index contributed by atoms with van der Waals surface area (Å²) in [5.74, 6) is -0.124. The molecule has 2 N–H and O–H groups in total. The second kappa shape index (κ2) is 5.56. The van der Waals surface area contributed by atoms with E-state index in [1.54, 1.807) is 6.07 Å². The molecule has 0 aliphatic carbocycles. The number of carbonyl (C=O) groups excluding carboxylic acids is 1. The van der Waals surface area contributed by atoms with Crippen molar-refractivity contribution in [2.75, 3.05) is 5.32 Å². The van der Waals surface area contributed by atoms with Crippen molar-refractivity contribution < 1.29 is 9.90 Å². The summed E-state index contributed by atoms with van der Waals surface area (Å²) in [5.41, 5.74) is 1.51. The first kappa shape index (κ1) is 12.5. The van der Waals surface area contributed by atoms with Crippen molar-refractivity contribution in [1.29, 1.82) is 0 Å². The highest BCUT2D eigenvalue weighted by Crippen LogP contribution is 2.26. The molecular weight excluding hydrogens is 250 g/mol. The van der Waals surface area contributed by atoms with E-state index >= 15 is 0 Å². The number of carbonyl (C=O) groups is 1. The molecular formula is C14H12ClNO2. The summed E-state index contributed by atoms with van der Waals surface area (Å²) < 4.78 is 0. The zero-order valence-electron chi connectivity index (χ0n) is 9.56. The van der Waals surface area contributed by atoms with E-state index in [0.29, 0.717) is 12.1 Å². The van der Waals surface area contributed by atoms with Gasteiger partial charge in [0.2, 0.25) is 5.91 Å². The minimum Gasteiger partial charge on any atom is -0.506 e. The molecule has 18 heavy (non-hydrogen) atoms. The maximum atomic E-state index is 11.8. The molecule has 3 nitrogen and oxygen atoms in total. The molecule has 0 heterocycles. The molecule has 1 amide bonds. The van der Waals surface area contributed by atoms with Gasteiger partial charge >= 0.3 is 0 Å². The standard InChI is InChI=1S/C14H12ClNO2/c15-12-9-11(6-7-13(12)17)16-14(18)8-10-4-2-1-3-5-10/h1-7,9,17H,8H2,(H,16,18). The Bertz CT molecular complexity index is 555. The van der Waals surface area contributed by atoms with Crippen LogP contribution in [0, 0.1) is 0 Å². The van der Waals surface area contributed by atoms with Gasteiger partial charge in [0.25, 0.3) is 0 Å². The lowest BCUT2D eigenvalue weighted by molar-refractivity contribution is -0.115. The van der Waals surface area contributed by atoms with Crippen molar-refractivity contribution in [2.24, 2.45) is 0 Å². The van der Waals surface area contributed by atoms with E-state index in [0.717, 1.165) is 5.56 Å². The summed E-state index contributed by atoms with van der Waals surface area (Å²) in [6.07, 6.45) is 0.305. The van der Waals surface area contributed by atoms with Gasteiger partial charge in [-0.05, 0) is 23.8 Å². The van der Waals surface area contributed by atoms with E-state index in [9.17, 15) is 9.90 Å². The summed E-state index contributed by atoms with van der Waals surface area (Å²) in [5, 5.41) is 12.2. The molecule has 0 aliphatic rings. The van der Waals surface area contributed by atoms with Gasteiger partial charge in [-0.2, -0.15) is 0 Å². The average Bonchev–Trinajstić information content (AvgIpc) is 2.35. The summed E-state index contributed by atoms with van der Waals surface area (Å²) in [7, 11) is 0. The fourth-order valence-corrected chi connectivity index (χ4v) is 1.75. The van der Waals surface area contributed by atoms with E-state index in [1.807, 2.05) is 30.3 Å². The number of nitrogens with one attached hydrogen (secondary N) is 1. The highest BCUT2D eigenvalue weighted by molar-refractivity contribution is 6.32. The summed E-state index contributed by atoms with van der Waals surface area (Å²) in [4.78, 5) is 11.8. The number of phenols is 1. The van der Waals surface area contributed by atoms with Crippen LogP contribution in [0.2, 0.25) is 5.02 Å². The second-order valence-electron chi connectivity index (χ2n) is 3.88. The minimum atomic E-state index is -0.122. The second-order valence-corrected chi connectivity index (χ2v) is 4.28. The summed E-state index contributed by atoms with van der Waals surface area (Å²) >= 11 is 5.76. The third-order valence-corrected chi connectivity index (χ3v) is 2.74. The first-order valence-corrected chi connectivity index (χ1v) is 5.85. The molecule has 0 saturated heterocycles. The van der Waals surface area contributed by atoms with Crippen molar-refractivity contribution in [3.05, 3.63) is 59.1 Å². The number of rotatable bonds is 3. The number of benzene rings is 2. The van der Waals surface area contributed by atoms with E-state index in [-0.39, 0.29) is 16.7 Å². The molecule has 2 rings (SSSR count). The van der Waals surface area contributed by atoms with E-state index < -0.39 is 0 Å². The smallest absolute Gasteiger partial charge is 0.228 e. The Labute approximate surface area is 110 Å². The number of halogens is 1. The van der Waals surface area contributed by atoms with E-state index in [4.69, 9.17) is 11.6 Å². The molecule has 92 valence electrons. The predicted molar refractivity (Wildman–Crippen MR) is 71.9 cm³/mol. The van der Waals surface area contributed by atoms with Gasteiger partial charge in [0, 0.05) is 5.69 Å². The van der Waals surface area contributed by atoms with Gasteiger partial charge in [-0.15, -0.1) is 0 Å². The van der Waals surface area contributed by atoms with Crippen LogP contribution in [0.25, 0.3) is 0 Å². The Kier molecular flexibility index (Phi) is 3.85. The fourth-order valence-electron chi connectivity index (χ4n) is 1.57. The Morgan fingerprint density at radius 3 is 2.56 bits per heavy atom. The molecule has 2 aromatic carbocycles. The number of anilines is 1. The first-order chi connectivity index (χ1) is 8.65. The summed E-state index contributed by atoms with van der Waals surface area (Å²) in [6, 6.07) is 14.0. The zero-order valence-corrected chi connectivity index (χ0v) is 10.3. The molecule has 4 heteroatoms. The molecule has 0 fully saturated rings.